The fraction of sp³-hybridized carbons (Fsp3) is 0.562. The van der Waals surface area contributed by atoms with Gasteiger partial charge in [-0.05, 0) is 37.0 Å². The molecule has 1 aromatic rings. The molecule has 1 aliphatic rings. The van der Waals surface area contributed by atoms with Crippen LogP contribution in [0, 0.1) is 5.92 Å². The van der Waals surface area contributed by atoms with E-state index in [-0.39, 0.29) is 18.7 Å². The maximum absolute atomic E-state index is 11.5. The number of nitrogens with one attached hydrogen (secondary N) is 1. The summed E-state index contributed by atoms with van der Waals surface area (Å²) in [6, 6.07) is 5.21. The summed E-state index contributed by atoms with van der Waals surface area (Å²) in [5.74, 6) is -0.273. The number of aliphatic hydroxyl groups excluding tert-OH is 2. The number of aromatic carboxylic acids is 1. The van der Waals surface area contributed by atoms with Gasteiger partial charge >= 0.3 is 5.97 Å². The fourth-order valence-corrected chi connectivity index (χ4v) is 2.64. The van der Waals surface area contributed by atoms with Crippen molar-refractivity contribution in [2.45, 2.75) is 25.9 Å². The molecule has 4 N–H and O–H groups in total. The maximum atomic E-state index is 11.5. The quantitative estimate of drug-likeness (QED) is 0.634. The van der Waals surface area contributed by atoms with Crippen LogP contribution >= 0.6 is 0 Å². The molecule has 0 saturated carbocycles. The lowest BCUT2D eigenvalue weighted by Crippen LogP contribution is -2.33. The molecule has 6 heteroatoms. The molecule has 6 nitrogen and oxygen atoms in total. The minimum absolute atomic E-state index is 0.177. The summed E-state index contributed by atoms with van der Waals surface area (Å²) in [5, 5.41) is 30.5. The van der Waals surface area contributed by atoms with Crippen molar-refractivity contribution < 1.29 is 20.1 Å². The Morgan fingerprint density at radius 1 is 1.41 bits per heavy atom. The molecule has 0 amide bonds. The molecule has 0 bridgehead atoms. The van der Waals surface area contributed by atoms with Crippen LogP contribution in [0.3, 0.4) is 0 Å². The Kier molecular flexibility index (Phi) is 5.63. The maximum Gasteiger partial charge on any atom is 0.337 e. The Bertz CT molecular complexity index is 513. The van der Waals surface area contributed by atoms with Crippen molar-refractivity contribution in [3.8, 4) is 0 Å². The van der Waals surface area contributed by atoms with Gasteiger partial charge < -0.3 is 25.5 Å². The van der Waals surface area contributed by atoms with E-state index in [0.29, 0.717) is 11.6 Å². The molecule has 1 heterocycles. The van der Waals surface area contributed by atoms with Gasteiger partial charge in [-0.1, -0.05) is 6.92 Å². The van der Waals surface area contributed by atoms with E-state index in [1.165, 1.54) is 0 Å². The number of hydrogen-bond donors (Lipinski definition) is 4. The molecule has 1 atom stereocenters. The number of carboxylic acid groups (broad SMARTS) is 1. The molecular formula is C16H24N2O4. The summed E-state index contributed by atoms with van der Waals surface area (Å²) in [6.07, 6.45) is 1.28. The molecule has 1 aliphatic heterocycles. The molecule has 1 fully saturated rings. The normalized spacial score (nSPS) is 17.3. The van der Waals surface area contributed by atoms with Crippen LogP contribution in [0.25, 0.3) is 0 Å². The molecule has 2 rings (SSSR count). The van der Waals surface area contributed by atoms with Gasteiger partial charge in [-0.15, -0.1) is 0 Å². The highest BCUT2D eigenvalue weighted by atomic mass is 16.4. The molecule has 0 radical (unpaired) electrons. The van der Waals surface area contributed by atoms with Crippen molar-refractivity contribution in [1.82, 2.24) is 0 Å². The van der Waals surface area contributed by atoms with E-state index in [4.69, 9.17) is 5.11 Å². The van der Waals surface area contributed by atoms with E-state index in [0.717, 1.165) is 31.6 Å². The summed E-state index contributed by atoms with van der Waals surface area (Å²) >= 11 is 0. The fourth-order valence-electron chi connectivity index (χ4n) is 2.64. The van der Waals surface area contributed by atoms with E-state index in [9.17, 15) is 15.0 Å². The predicted octanol–water partition coefficient (Wildman–Crippen LogP) is 1.39. The third-order valence-electron chi connectivity index (χ3n) is 4.10. The van der Waals surface area contributed by atoms with Crippen LogP contribution in [0.1, 0.15) is 30.1 Å². The highest BCUT2D eigenvalue weighted by Gasteiger charge is 2.21. The molecule has 22 heavy (non-hydrogen) atoms. The number of rotatable bonds is 6. The Morgan fingerprint density at radius 3 is 2.68 bits per heavy atom. The third-order valence-corrected chi connectivity index (χ3v) is 4.10. The van der Waals surface area contributed by atoms with Crippen LogP contribution in [0.2, 0.25) is 0 Å². The van der Waals surface area contributed by atoms with E-state index in [2.05, 4.69) is 17.1 Å². The minimum Gasteiger partial charge on any atom is -0.478 e. The average Bonchev–Trinajstić information content (AvgIpc) is 2.53. The average molecular weight is 308 g/mol. The Balaban J connectivity index is 2.15. The Hall–Kier alpha value is -1.79. The van der Waals surface area contributed by atoms with E-state index in [1.807, 2.05) is 12.1 Å². The highest BCUT2D eigenvalue weighted by Crippen LogP contribution is 2.28. The summed E-state index contributed by atoms with van der Waals surface area (Å²) in [7, 11) is 0. The second-order valence-corrected chi connectivity index (χ2v) is 5.92. The van der Waals surface area contributed by atoms with Gasteiger partial charge in [0, 0.05) is 25.3 Å². The number of benzene rings is 1. The summed E-state index contributed by atoms with van der Waals surface area (Å²) in [5.41, 5.74) is 1.63. The smallest absolute Gasteiger partial charge is 0.337 e. The van der Waals surface area contributed by atoms with Crippen LogP contribution in [0.5, 0.6) is 0 Å². The molecule has 122 valence electrons. The first kappa shape index (κ1) is 16.6. The van der Waals surface area contributed by atoms with Gasteiger partial charge in [0.15, 0.2) is 0 Å². The van der Waals surface area contributed by atoms with Crippen LogP contribution < -0.4 is 10.2 Å². The first-order valence-corrected chi connectivity index (χ1v) is 7.66. The molecule has 1 unspecified atom stereocenters. The molecule has 1 saturated heterocycles. The largest absolute Gasteiger partial charge is 0.478 e. The van der Waals surface area contributed by atoms with Gasteiger partial charge in [0.05, 0.1) is 24.0 Å². The van der Waals surface area contributed by atoms with E-state index >= 15 is 0 Å². The van der Waals surface area contributed by atoms with Crippen molar-refractivity contribution >= 4 is 17.3 Å². The first-order chi connectivity index (χ1) is 10.5. The van der Waals surface area contributed by atoms with Gasteiger partial charge in [0.1, 0.15) is 0 Å². The van der Waals surface area contributed by atoms with Crippen LogP contribution in [0.4, 0.5) is 11.4 Å². The van der Waals surface area contributed by atoms with Crippen molar-refractivity contribution in [2.24, 2.45) is 5.92 Å². The van der Waals surface area contributed by atoms with Crippen molar-refractivity contribution in [3.05, 3.63) is 23.8 Å². The lowest BCUT2D eigenvalue weighted by molar-refractivity contribution is 0.0697. The van der Waals surface area contributed by atoms with Crippen molar-refractivity contribution in [3.63, 3.8) is 0 Å². The number of hydrogen-bond acceptors (Lipinski definition) is 5. The van der Waals surface area contributed by atoms with E-state index < -0.39 is 12.1 Å². The molecule has 0 aliphatic carbocycles. The number of piperidine rings is 1. The second-order valence-electron chi connectivity index (χ2n) is 5.92. The second kappa shape index (κ2) is 7.47. The van der Waals surface area contributed by atoms with Gasteiger partial charge in [0.25, 0.3) is 0 Å². The molecule has 0 aromatic heterocycles. The molecule has 0 spiro atoms. The number of aliphatic hydroxyl groups is 2. The van der Waals surface area contributed by atoms with Gasteiger partial charge in [-0.2, -0.15) is 0 Å². The zero-order chi connectivity index (χ0) is 16.1. The molecule has 1 aromatic carbocycles. The van der Waals surface area contributed by atoms with Crippen LogP contribution in [0.15, 0.2) is 18.2 Å². The minimum atomic E-state index is -0.958. The zero-order valence-electron chi connectivity index (χ0n) is 12.8. The first-order valence-electron chi connectivity index (χ1n) is 7.66. The topological polar surface area (TPSA) is 93.0 Å². The Morgan fingerprint density at radius 2 is 2.09 bits per heavy atom. The van der Waals surface area contributed by atoms with Crippen molar-refractivity contribution in [2.75, 3.05) is 36.5 Å². The van der Waals surface area contributed by atoms with E-state index in [1.54, 1.807) is 6.07 Å². The van der Waals surface area contributed by atoms with Gasteiger partial charge in [-0.3, -0.25) is 0 Å². The predicted molar refractivity (Wildman–Crippen MR) is 85.6 cm³/mol. The SMILES string of the molecule is CC1CCN(c2ccc(NCC(O)CO)cc2C(=O)O)CC1. The van der Waals surface area contributed by atoms with Gasteiger partial charge in [-0.25, -0.2) is 4.79 Å². The zero-order valence-corrected chi connectivity index (χ0v) is 12.8. The summed E-state index contributed by atoms with van der Waals surface area (Å²) in [4.78, 5) is 13.7. The number of carbonyl (C=O) groups is 1. The third kappa shape index (κ3) is 4.11. The number of carboxylic acids is 1. The highest BCUT2D eigenvalue weighted by molar-refractivity contribution is 5.95. The van der Waals surface area contributed by atoms with Crippen LogP contribution in [-0.4, -0.2) is 53.6 Å². The Labute approximate surface area is 130 Å². The van der Waals surface area contributed by atoms with Crippen LogP contribution in [-0.2, 0) is 0 Å². The lowest BCUT2D eigenvalue weighted by Gasteiger charge is -2.33. The number of anilines is 2. The van der Waals surface area contributed by atoms with Crippen molar-refractivity contribution in [1.29, 1.82) is 0 Å². The summed E-state index contributed by atoms with van der Waals surface area (Å²) < 4.78 is 0. The number of nitrogens with zero attached hydrogens (tertiary/aromatic N) is 1. The van der Waals surface area contributed by atoms with Gasteiger partial charge in [0.2, 0.25) is 0 Å². The lowest BCUT2D eigenvalue weighted by atomic mass is 9.98. The summed E-state index contributed by atoms with van der Waals surface area (Å²) in [6.45, 7) is 3.81. The molecular weight excluding hydrogens is 284 g/mol. The monoisotopic (exact) mass is 308 g/mol. The standard InChI is InChI=1S/C16H24N2O4/c1-11-4-6-18(7-5-11)15-3-2-12(8-14(15)16(21)22)17-9-13(20)10-19/h2-3,8,11,13,17,19-20H,4-7,9-10H2,1H3,(H,21,22).